The van der Waals surface area contributed by atoms with Crippen molar-refractivity contribution in [2.24, 2.45) is 18.9 Å². The van der Waals surface area contributed by atoms with Gasteiger partial charge in [-0.25, -0.2) is 0 Å². The predicted octanol–water partition coefficient (Wildman–Crippen LogP) is 3.42. The van der Waals surface area contributed by atoms with Gasteiger partial charge in [-0.15, -0.1) is 0 Å². The second-order valence-electron chi connectivity index (χ2n) is 6.62. The number of nitrogens with one attached hydrogen (secondary N) is 1. The van der Waals surface area contributed by atoms with E-state index in [1.165, 1.54) is 43.4 Å². The molecule has 1 aromatic rings. The Kier molecular flexibility index (Phi) is 5.03. The van der Waals surface area contributed by atoms with E-state index in [1.807, 2.05) is 17.9 Å². The van der Waals surface area contributed by atoms with Gasteiger partial charge in [0.05, 0.1) is 6.20 Å². The quantitative estimate of drug-likeness (QED) is 0.882. The van der Waals surface area contributed by atoms with Gasteiger partial charge in [0, 0.05) is 30.9 Å². The first-order valence-corrected chi connectivity index (χ1v) is 7.77. The van der Waals surface area contributed by atoms with Gasteiger partial charge >= 0.3 is 0 Å². The lowest BCUT2D eigenvalue weighted by atomic mass is 9.81. The van der Waals surface area contributed by atoms with Crippen molar-refractivity contribution >= 4 is 0 Å². The van der Waals surface area contributed by atoms with Crippen LogP contribution in [0.25, 0.3) is 0 Å². The van der Waals surface area contributed by atoms with Crippen LogP contribution in [0.3, 0.4) is 0 Å². The molecular formula is C16H29N3. The Labute approximate surface area is 117 Å². The summed E-state index contributed by atoms with van der Waals surface area (Å²) in [6, 6.07) is 0.706. The molecule has 1 aromatic heterocycles. The van der Waals surface area contributed by atoms with Crippen LogP contribution in [0.15, 0.2) is 6.20 Å². The molecule has 2 unspecified atom stereocenters. The van der Waals surface area contributed by atoms with E-state index in [9.17, 15) is 0 Å². The summed E-state index contributed by atoms with van der Waals surface area (Å²) in [6.07, 6.45) is 8.91. The molecule has 0 aromatic carbocycles. The maximum absolute atomic E-state index is 4.31. The molecule has 108 valence electrons. The van der Waals surface area contributed by atoms with E-state index >= 15 is 0 Å². The molecule has 1 heterocycles. The highest BCUT2D eigenvalue weighted by molar-refractivity contribution is 5.15. The van der Waals surface area contributed by atoms with Crippen LogP contribution >= 0.6 is 0 Å². The number of hydrogen-bond acceptors (Lipinski definition) is 2. The lowest BCUT2D eigenvalue weighted by Gasteiger charge is -2.31. The molecule has 3 nitrogen and oxygen atoms in total. The molecule has 0 aliphatic heterocycles. The van der Waals surface area contributed by atoms with Crippen molar-refractivity contribution in [2.45, 2.75) is 65.5 Å². The van der Waals surface area contributed by atoms with E-state index in [1.54, 1.807) is 0 Å². The number of hydrogen-bond donors (Lipinski definition) is 1. The molecule has 1 fully saturated rings. The van der Waals surface area contributed by atoms with E-state index in [0.29, 0.717) is 6.04 Å². The maximum Gasteiger partial charge on any atom is 0.0537 e. The van der Waals surface area contributed by atoms with Crippen LogP contribution < -0.4 is 5.32 Å². The SMILES string of the molecule is Cc1c(CNC2CCCC(CC(C)C)C2)cnn1C. The van der Waals surface area contributed by atoms with Crippen molar-refractivity contribution in [3.63, 3.8) is 0 Å². The van der Waals surface area contributed by atoms with Gasteiger partial charge in [0.25, 0.3) is 0 Å². The fraction of sp³-hybridized carbons (Fsp3) is 0.812. The van der Waals surface area contributed by atoms with Gasteiger partial charge in [0.2, 0.25) is 0 Å². The van der Waals surface area contributed by atoms with Gasteiger partial charge in [0.1, 0.15) is 0 Å². The smallest absolute Gasteiger partial charge is 0.0537 e. The van der Waals surface area contributed by atoms with Crippen LogP contribution in [-0.2, 0) is 13.6 Å². The van der Waals surface area contributed by atoms with Crippen LogP contribution in [0.1, 0.15) is 57.2 Å². The molecule has 0 radical (unpaired) electrons. The first kappa shape index (κ1) is 14.6. The van der Waals surface area contributed by atoms with Gasteiger partial charge < -0.3 is 5.32 Å². The van der Waals surface area contributed by atoms with Crippen LogP contribution in [-0.4, -0.2) is 15.8 Å². The third-order valence-corrected chi connectivity index (χ3v) is 4.51. The average molecular weight is 263 g/mol. The minimum Gasteiger partial charge on any atom is -0.310 e. The molecule has 0 amide bonds. The molecular weight excluding hydrogens is 234 g/mol. The Hall–Kier alpha value is -0.830. The minimum absolute atomic E-state index is 0.706. The van der Waals surface area contributed by atoms with Gasteiger partial charge in [-0.1, -0.05) is 26.7 Å². The van der Waals surface area contributed by atoms with E-state index in [0.717, 1.165) is 18.4 Å². The third-order valence-electron chi connectivity index (χ3n) is 4.51. The molecule has 0 saturated heterocycles. The minimum atomic E-state index is 0.706. The molecule has 1 N–H and O–H groups in total. The molecule has 2 atom stereocenters. The average Bonchev–Trinajstić information content (AvgIpc) is 2.67. The summed E-state index contributed by atoms with van der Waals surface area (Å²) >= 11 is 0. The van der Waals surface area contributed by atoms with Crippen molar-refractivity contribution in [3.8, 4) is 0 Å². The fourth-order valence-corrected chi connectivity index (χ4v) is 3.33. The molecule has 2 rings (SSSR count). The first-order valence-electron chi connectivity index (χ1n) is 7.77. The maximum atomic E-state index is 4.31. The van der Waals surface area contributed by atoms with Gasteiger partial charge in [0.15, 0.2) is 0 Å². The van der Waals surface area contributed by atoms with Crippen LogP contribution in [0.2, 0.25) is 0 Å². The number of aryl methyl sites for hydroxylation is 1. The highest BCUT2D eigenvalue weighted by Gasteiger charge is 2.22. The Bertz CT molecular complexity index is 395. The molecule has 0 spiro atoms. The summed E-state index contributed by atoms with van der Waals surface area (Å²) in [5, 5.41) is 8.05. The molecule has 0 bridgehead atoms. The van der Waals surface area contributed by atoms with Crippen LogP contribution in [0, 0.1) is 18.8 Å². The molecule has 1 aliphatic rings. The van der Waals surface area contributed by atoms with Crippen molar-refractivity contribution in [1.82, 2.24) is 15.1 Å². The lowest BCUT2D eigenvalue weighted by molar-refractivity contribution is 0.252. The second-order valence-corrected chi connectivity index (χ2v) is 6.62. The van der Waals surface area contributed by atoms with Gasteiger partial charge in [-0.05, 0) is 38.0 Å². The molecule has 1 saturated carbocycles. The summed E-state index contributed by atoms with van der Waals surface area (Å²) in [7, 11) is 2.01. The van der Waals surface area contributed by atoms with Gasteiger partial charge in [-0.3, -0.25) is 4.68 Å². The van der Waals surface area contributed by atoms with Gasteiger partial charge in [-0.2, -0.15) is 5.10 Å². The lowest BCUT2D eigenvalue weighted by Crippen LogP contribution is -2.34. The zero-order valence-electron chi connectivity index (χ0n) is 12.9. The summed E-state index contributed by atoms with van der Waals surface area (Å²) in [5.41, 5.74) is 2.62. The van der Waals surface area contributed by atoms with E-state index in [2.05, 4.69) is 31.2 Å². The zero-order chi connectivity index (χ0) is 13.8. The topological polar surface area (TPSA) is 29.9 Å². The van der Waals surface area contributed by atoms with Crippen molar-refractivity contribution < 1.29 is 0 Å². The predicted molar refractivity (Wildman–Crippen MR) is 80.0 cm³/mol. The van der Waals surface area contributed by atoms with Crippen LogP contribution in [0.4, 0.5) is 0 Å². The standard InChI is InChI=1S/C16H29N3/c1-12(2)8-14-6-5-7-16(9-14)17-10-15-11-18-19(4)13(15)3/h11-12,14,16-17H,5-10H2,1-4H3. The van der Waals surface area contributed by atoms with Crippen molar-refractivity contribution in [2.75, 3.05) is 0 Å². The summed E-state index contributed by atoms with van der Waals surface area (Å²) < 4.78 is 1.96. The first-order chi connectivity index (χ1) is 9.06. The Morgan fingerprint density at radius 3 is 2.84 bits per heavy atom. The Balaban J connectivity index is 1.81. The number of aromatic nitrogens is 2. The molecule has 3 heteroatoms. The third kappa shape index (κ3) is 4.07. The monoisotopic (exact) mass is 263 g/mol. The summed E-state index contributed by atoms with van der Waals surface area (Å²) in [4.78, 5) is 0. The van der Waals surface area contributed by atoms with Crippen LogP contribution in [0.5, 0.6) is 0 Å². The van der Waals surface area contributed by atoms with E-state index in [-0.39, 0.29) is 0 Å². The normalized spacial score (nSPS) is 24.1. The molecule has 1 aliphatic carbocycles. The number of rotatable bonds is 5. The Morgan fingerprint density at radius 2 is 2.21 bits per heavy atom. The zero-order valence-corrected chi connectivity index (χ0v) is 12.9. The highest BCUT2D eigenvalue weighted by Crippen LogP contribution is 2.29. The fourth-order valence-electron chi connectivity index (χ4n) is 3.33. The highest BCUT2D eigenvalue weighted by atomic mass is 15.3. The van der Waals surface area contributed by atoms with Crippen molar-refractivity contribution in [3.05, 3.63) is 17.5 Å². The molecule has 19 heavy (non-hydrogen) atoms. The largest absolute Gasteiger partial charge is 0.310 e. The van der Waals surface area contributed by atoms with Crippen molar-refractivity contribution in [1.29, 1.82) is 0 Å². The second kappa shape index (κ2) is 6.56. The Morgan fingerprint density at radius 1 is 1.42 bits per heavy atom. The number of nitrogens with zero attached hydrogens (tertiary/aromatic N) is 2. The van der Waals surface area contributed by atoms with E-state index in [4.69, 9.17) is 0 Å². The summed E-state index contributed by atoms with van der Waals surface area (Å²) in [5.74, 6) is 1.77. The summed E-state index contributed by atoms with van der Waals surface area (Å²) in [6.45, 7) is 7.80. The van der Waals surface area contributed by atoms with E-state index < -0.39 is 0 Å².